The number of nitrogens with one attached hydrogen (secondary N) is 2. The van der Waals surface area contributed by atoms with Crippen LogP contribution in [0.2, 0.25) is 0 Å². The van der Waals surface area contributed by atoms with Crippen molar-refractivity contribution in [3.8, 4) is 0 Å². The van der Waals surface area contributed by atoms with E-state index in [2.05, 4.69) is 24.5 Å². The van der Waals surface area contributed by atoms with Gasteiger partial charge in [0.25, 0.3) is 0 Å². The van der Waals surface area contributed by atoms with Crippen LogP contribution >= 0.6 is 0 Å². The van der Waals surface area contributed by atoms with E-state index in [1.54, 1.807) is 7.11 Å². The first kappa shape index (κ1) is 13.5. The fourth-order valence-electron chi connectivity index (χ4n) is 1.79. The molecule has 0 aromatic heterocycles. The lowest BCUT2D eigenvalue weighted by molar-refractivity contribution is -0.120. The molecule has 4 nitrogen and oxygen atoms in total. The molecule has 1 rings (SSSR count). The SMILES string of the molecule is COCCCNC(=O)CNCC1CC1(C)C. The van der Waals surface area contributed by atoms with Gasteiger partial charge in [0, 0.05) is 20.3 Å². The van der Waals surface area contributed by atoms with Crippen LogP contribution in [0.1, 0.15) is 26.7 Å². The molecule has 2 N–H and O–H groups in total. The normalized spacial score (nSPS) is 21.8. The number of hydrogen-bond acceptors (Lipinski definition) is 3. The van der Waals surface area contributed by atoms with Crippen molar-refractivity contribution in [2.75, 3.05) is 33.4 Å². The number of amides is 1. The molecule has 1 aliphatic carbocycles. The topological polar surface area (TPSA) is 50.4 Å². The maximum atomic E-state index is 11.4. The molecule has 0 aromatic rings. The molecule has 94 valence electrons. The third kappa shape index (κ3) is 4.94. The first-order valence-electron chi connectivity index (χ1n) is 6.02. The van der Waals surface area contributed by atoms with Gasteiger partial charge in [0.1, 0.15) is 0 Å². The second-order valence-electron chi connectivity index (χ2n) is 5.22. The Hall–Kier alpha value is -0.610. The Labute approximate surface area is 98.1 Å². The van der Waals surface area contributed by atoms with Crippen LogP contribution in [0.5, 0.6) is 0 Å². The van der Waals surface area contributed by atoms with Crippen LogP contribution in [-0.4, -0.2) is 39.3 Å². The van der Waals surface area contributed by atoms with E-state index in [-0.39, 0.29) is 5.91 Å². The molecule has 1 fully saturated rings. The number of carbonyl (C=O) groups excluding carboxylic acids is 1. The van der Waals surface area contributed by atoms with Crippen LogP contribution in [0.15, 0.2) is 0 Å². The Morgan fingerprint density at radius 1 is 1.50 bits per heavy atom. The van der Waals surface area contributed by atoms with E-state index in [1.165, 1.54) is 6.42 Å². The van der Waals surface area contributed by atoms with Crippen molar-refractivity contribution in [1.29, 1.82) is 0 Å². The molecule has 1 atom stereocenters. The van der Waals surface area contributed by atoms with Crippen molar-refractivity contribution in [1.82, 2.24) is 10.6 Å². The second kappa shape index (κ2) is 6.21. The van der Waals surface area contributed by atoms with E-state index in [0.29, 0.717) is 25.1 Å². The van der Waals surface area contributed by atoms with Crippen molar-refractivity contribution < 1.29 is 9.53 Å². The maximum Gasteiger partial charge on any atom is 0.233 e. The fraction of sp³-hybridized carbons (Fsp3) is 0.917. The monoisotopic (exact) mass is 228 g/mol. The number of hydrogen-bond donors (Lipinski definition) is 2. The van der Waals surface area contributed by atoms with Crippen LogP contribution in [0, 0.1) is 11.3 Å². The van der Waals surface area contributed by atoms with Gasteiger partial charge in [-0.05, 0) is 30.7 Å². The quantitative estimate of drug-likeness (QED) is 0.603. The van der Waals surface area contributed by atoms with Gasteiger partial charge in [-0.3, -0.25) is 4.79 Å². The van der Waals surface area contributed by atoms with Crippen LogP contribution < -0.4 is 10.6 Å². The third-order valence-electron chi connectivity index (χ3n) is 3.24. The van der Waals surface area contributed by atoms with Gasteiger partial charge in [-0.25, -0.2) is 0 Å². The van der Waals surface area contributed by atoms with E-state index in [4.69, 9.17) is 4.74 Å². The molecular weight excluding hydrogens is 204 g/mol. The summed E-state index contributed by atoms with van der Waals surface area (Å²) in [6.45, 7) is 7.32. The number of carbonyl (C=O) groups is 1. The minimum absolute atomic E-state index is 0.0783. The minimum Gasteiger partial charge on any atom is -0.385 e. The van der Waals surface area contributed by atoms with E-state index in [0.717, 1.165) is 18.9 Å². The first-order chi connectivity index (χ1) is 7.56. The van der Waals surface area contributed by atoms with Crippen LogP contribution in [0.3, 0.4) is 0 Å². The molecule has 1 amide bonds. The van der Waals surface area contributed by atoms with Crippen LogP contribution in [0.25, 0.3) is 0 Å². The summed E-state index contributed by atoms with van der Waals surface area (Å²) in [5.74, 6) is 0.823. The van der Waals surface area contributed by atoms with Crippen molar-refractivity contribution in [3.63, 3.8) is 0 Å². The highest BCUT2D eigenvalue weighted by atomic mass is 16.5. The Balaban J connectivity index is 1.91. The van der Waals surface area contributed by atoms with E-state index < -0.39 is 0 Å². The predicted octanol–water partition coefficient (Wildman–Crippen LogP) is 0.775. The zero-order chi connectivity index (χ0) is 12.0. The van der Waals surface area contributed by atoms with Crippen molar-refractivity contribution in [2.45, 2.75) is 26.7 Å². The lowest BCUT2D eigenvalue weighted by Crippen LogP contribution is -2.35. The molecule has 1 aliphatic rings. The molecule has 1 saturated carbocycles. The molecule has 0 heterocycles. The van der Waals surface area contributed by atoms with Crippen molar-refractivity contribution in [3.05, 3.63) is 0 Å². The number of methoxy groups -OCH3 is 1. The van der Waals surface area contributed by atoms with Gasteiger partial charge < -0.3 is 15.4 Å². The Bertz CT molecular complexity index is 229. The first-order valence-corrected chi connectivity index (χ1v) is 6.02. The van der Waals surface area contributed by atoms with Gasteiger partial charge in [0.15, 0.2) is 0 Å². The van der Waals surface area contributed by atoms with Crippen LogP contribution in [0.4, 0.5) is 0 Å². The number of ether oxygens (including phenoxy) is 1. The summed E-state index contributed by atoms with van der Waals surface area (Å²) in [5.41, 5.74) is 0.488. The molecule has 0 saturated heterocycles. The van der Waals surface area contributed by atoms with Crippen molar-refractivity contribution >= 4 is 5.91 Å². The molecule has 16 heavy (non-hydrogen) atoms. The summed E-state index contributed by atoms with van der Waals surface area (Å²) in [6.07, 6.45) is 2.15. The summed E-state index contributed by atoms with van der Waals surface area (Å²) in [5, 5.41) is 6.05. The van der Waals surface area contributed by atoms with Gasteiger partial charge in [-0.2, -0.15) is 0 Å². The zero-order valence-corrected chi connectivity index (χ0v) is 10.6. The van der Waals surface area contributed by atoms with Crippen molar-refractivity contribution in [2.24, 2.45) is 11.3 Å². The zero-order valence-electron chi connectivity index (χ0n) is 10.6. The average molecular weight is 228 g/mol. The summed E-state index contributed by atoms with van der Waals surface area (Å²) in [7, 11) is 1.67. The molecular formula is C12H24N2O2. The predicted molar refractivity (Wildman–Crippen MR) is 64.3 cm³/mol. The van der Waals surface area contributed by atoms with Crippen LogP contribution in [-0.2, 0) is 9.53 Å². The minimum atomic E-state index is 0.0783. The summed E-state index contributed by atoms with van der Waals surface area (Å²) < 4.78 is 4.90. The fourth-order valence-corrected chi connectivity index (χ4v) is 1.79. The molecule has 0 bridgehead atoms. The summed E-state index contributed by atoms with van der Waals surface area (Å²) in [4.78, 5) is 11.4. The Morgan fingerprint density at radius 2 is 2.19 bits per heavy atom. The highest BCUT2D eigenvalue weighted by Crippen LogP contribution is 2.50. The molecule has 4 heteroatoms. The van der Waals surface area contributed by atoms with Gasteiger partial charge in [0.05, 0.1) is 6.54 Å². The highest BCUT2D eigenvalue weighted by Gasteiger charge is 2.44. The summed E-state index contributed by atoms with van der Waals surface area (Å²) in [6, 6.07) is 0. The van der Waals surface area contributed by atoms with Gasteiger partial charge in [0.2, 0.25) is 5.91 Å². The van der Waals surface area contributed by atoms with Gasteiger partial charge >= 0.3 is 0 Å². The lowest BCUT2D eigenvalue weighted by atomic mass is 10.1. The summed E-state index contributed by atoms with van der Waals surface area (Å²) >= 11 is 0. The second-order valence-corrected chi connectivity index (χ2v) is 5.22. The highest BCUT2D eigenvalue weighted by molar-refractivity contribution is 5.77. The Kier molecular flexibility index (Phi) is 5.22. The van der Waals surface area contributed by atoms with E-state index in [1.807, 2.05) is 0 Å². The molecule has 0 aliphatic heterocycles. The van der Waals surface area contributed by atoms with E-state index in [9.17, 15) is 4.79 Å². The number of rotatable bonds is 8. The lowest BCUT2D eigenvalue weighted by Gasteiger charge is -2.07. The average Bonchev–Trinajstić information content (AvgIpc) is 2.81. The van der Waals surface area contributed by atoms with E-state index >= 15 is 0 Å². The maximum absolute atomic E-state index is 11.4. The standard InChI is InChI=1S/C12H24N2O2/c1-12(2)7-10(12)8-13-9-11(15)14-5-4-6-16-3/h10,13H,4-9H2,1-3H3,(H,14,15). The molecule has 0 radical (unpaired) electrons. The smallest absolute Gasteiger partial charge is 0.233 e. The Morgan fingerprint density at radius 3 is 2.75 bits per heavy atom. The molecule has 1 unspecified atom stereocenters. The third-order valence-corrected chi connectivity index (χ3v) is 3.24. The van der Waals surface area contributed by atoms with Gasteiger partial charge in [-0.1, -0.05) is 13.8 Å². The van der Waals surface area contributed by atoms with Gasteiger partial charge in [-0.15, -0.1) is 0 Å². The molecule has 0 aromatic carbocycles. The largest absolute Gasteiger partial charge is 0.385 e. The molecule has 0 spiro atoms.